The van der Waals surface area contributed by atoms with Crippen molar-refractivity contribution in [3.05, 3.63) is 35.4 Å². The molecule has 28 heavy (non-hydrogen) atoms. The number of guanidine groups is 1. The Labute approximate surface area is 171 Å². The van der Waals surface area contributed by atoms with Gasteiger partial charge in [-0.05, 0) is 56.2 Å². The number of aliphatic imine (C=N–C) groups is 1. The van der Waals surface area contributed by atoms with E-state index in [0.717, 1.165) is 57.5 Å². The number of ether oxygens (including phenoxy) is 1. The quantitative estimate of drug-likeness (QED) is 0.600. The molecule has 2 aliphatic heterocycles. The third kappa shape index (κ3) is 6.21. The van der Waals surface area contributed by atoms with E-state index in [2.05, 4.69) is 58.2 Å². The number of hydrogen-bond donors (Lipinski definition) is 1. The fourth-order valence-electron chi connectivity index (χ4n) is 4.43. The maximum atomic E-state index is 5.75. The first kappa shape index (κ1) is 21.1. The Hall–Kier alpha value is -1.59. The van der Waals surface area contributed by atoms with Gasteiger partial charge in [0.05, 0.1) is 6.10 Å². The lowest BCUT2D eigenvalue weighted by atomic mass is 9.99. The fourth-order valence-corrected chi connectivity index (χ4v) is 4.43. The maximum Gasteiger partial charge on any atom is 0.193 e. The fraction of sp³-hybridized carbons (Fsp3) is 0.696. The van der Waals surface area contributed by atoms with Crippen LogP contribution in [0.15, 0.2) is 29.3 Å². The number of likely N-dealkylation sites (tertiary alicyclic amines) is 2. The van der Waals surface area contributed by atoms with Gasteiger partial charge in [-0.2, -0.15) is 0 Å². The van der Waals surface area contributed by atoms with E-state index < -0.39 is 0 Å². The lowest BCUT2D eigenvalue weighted by Gasteiger charge is -2.34. The van der Waals surface area contributed by atoms with Crippen molar-refractivity contribution in [1.82, 2.24) is 15.1 Å². The van der Waals surface area contributed by atoms with Crippen molar-refractivity contribution < 1.29 is 4.74 Å². The average Bonchev–Trinajstić information content (AvgIpc) is 2.71. The second-order valence-corrected chi connectivity index (χ2v) is 8.34. The molecule has 0 spiro atoms. The van der Waals surface area contributed by atoms with Gasteiger partial charge in [0.2, 0.25) is 0 Å². The van der Waals surface area contributed by atoms with Crippen molar-refractivity contribution >= 4 is 5.96 Å². The lowest BCUT2D eigenvalue weighted by Crippen LogP contribution is -2.46. The minimum Gasteiger partial charge on any atom is -0.378 e. The summed E-state index contributed by atoms with van der Waals surface area (Å²) in [7, 11) is 1.87. The zero-order valence-corrected chi connectivity index (χ0v) is 18.0. The van der Waals surface area contributed by atoms with E-state index >= 15 is 0 Å². The van der Waals surface area contributed by atoms with Gasteiger partial charge in [0.1, 0.15) is 0 Å². The van der Waals surface area contributed by atoms with E-state index in [-0.39, 0.29) is 0 Å². The smallest absolute Gasteiger partial charge is 0.193 e. The predicted molar refractivity (Wildman–Crippen MR) is 117 cm³/mol. The lowest BCUT2D eigenvalue weighted by molar-refractivity contribution is 0.0263. The number of rotatable bonds is 6. The van der Waals surface area contributed by atoms with Crippen molar-refractivity contribution in [2.45, 2.75) is 58.7 Å². The second-order valence-electron chi connectivity index (χ2n) is 8.34. The summed E-state index contributed by atoms with van der Waals surface area (Å²) >= 11 is 0. The Morgan fingerprint density at radius 3 is 2.46 bits per heavy atom. The van der Waals surface area contributed by atoms with E-state index in [0.29, 0.717) is 6.10 Å². The Kier molecular flexibility index (Phi) is 8.16. The van der Waals surface area contributed by atoms with Gasteiger partial charge in [-0.25, -0.2) is 0 Å². The normalized spacial score (nSPS) is 22.5. The molecule has 1 atom stereocenters. The summed E-state index contributed by atoms with van der Waals surface area (Å²) in [5, 5.41) is 3.53. The van der Waals surface area contributed by atoms with Gasteiger partial charge in [0.25, 0.3) is 0 Å². The van der Waals surface area contributed by atoms with Crippen molar-refractivity contribution in [3.8, 4) is 0 Å². The van der Waals surface area contributed by atoms with Gasteiger partial charge in [-0.15, -0.1) is 0 Å². The summed E-state index contributed by atoms with van der Waals surface area (Å²) in [4.78, 5) is 9.42. The van der Waals surface area contributed by atoms with Gasteiger partial charge >= 0.3 is 0 Å². The van der Waals surface area contributed by atoms with E-state index in [1.165, 1.54) is 37.1 Å². The van der Waals surface area contributed by atoms with E-state index in [1.54, 1.807) is 0 Å². The molecule has 2 fully saturated rings. The van der Waals surface area contributed by atoms with Crippen LogP contribution in [-0.2, 0) is 17.8 Å². The minimum absolute atomic E-state index is 0.412. The van der Waals surface area contributed by atoms with E-state index in [1.807, 2.05) is 7.05 Å². The predicted octanol–water partition coefficient (Wildman–Crippen LogP) is 3.49. The zero-order valence-electron chi connectivity index (χ0n) is 18.0. The third-order valence-corrected chi connectivity index (χ3v) is 5.98. The minimum atomic E-state index is 0.412. The van der Waals surface area contributed by atoms with Crippen molar-refractivity contribution in [1.29, 1.82) is 0 Å². The molecule has 1 unspecified atom stereocenters. The van der Waals surface area contributed by atoms with Gasteiger partial charge in [0, 0.05) is 46.4 Å². The summed E-state index contributed by atoms with van der Waals surface area (Å²) in [6.45, 7) is 11.6. The van der Waals surface area contributed by atoms with Crippen LogP contribution in [0.25, 0.3) is 0 Å². The van der Waals surface area contributed by atoms with Crippen molar-refractivity contribution in [2.75, 3.05) is 39.8 Å². The Bertz CT molecular complexity index is 608. The molecular weight excluding hydrogens is 348 g/mol. The molecule has 2 saturated heterocycles. The van der Waals surface area contributed by atoms with Crippen LogP contribution < -0.4 is 5.32 Å². The summed E-state index contributed by atoms with van der Waals surface area (Å²) in [6, 6.07) is 9.08. The van der Waals surface area contributed by atoms with Crippen LogP contribution >= 0.6 is 0 Å². The monoisotopic (exact) mass is 386 g/mol. The number of benzene rings is 1. The number of nitrogens with zero attached hydrogens (tertiary/aromatic N) is 3. The largest absolute Gasteiger partial charge is 0.378 e. The molecule has 1 N–H and O–H groups in total. The molecule has 2 heterocycles. The van der Waals surface area contributed by atoms with Crippen LogP contribution in [0.1, 0.15) is 50.7 Å². The molecule has 156 valence electrons. The highest BCUT2D eigenvalue weighted by Crippen LogP contribution is 2.18. The van der Waals surface area contributed by atoms with Crippen LogP contribution in [-0.4, -0.2) is 61.7 Å². The van der Waals surface area contributed by atoms with Crippen LogP contribution in [0, 0.1) is 5.92 Å². The molecule has 3 rings (SSSR count). The molecule has 0 saturated carbocycles. The Balaban J connectivity index is 1.44. The van der Waals surface area contributed by atoms with Crippen LogP contribution in [0.3, 0.4) is 0 Å². The molecular formula is C23H38N4O. The van der Waals surface area contributed by atoms with Gasteiger partial charge in [-0.1, -0.05) is 31.2 Å². The first-order valence-corrected chi connectivity index (χ1v) is 11.0. The Morgan fingerprint density at radius 2 is 1.82 bits per heavy atom. The van der Waals surface area contributed by atoms with Crippen molar-refractivity contribution in [2.24, 2.45) is 10.9 Å². The highest BCUT2D eigenvalue weighted by atomic mass is 16.5. The first-order valence-electron chi connectivity index (χ1n) is 11.0. The molecule has 1 aromatic rings. The van der Waals surface area contributed by atoms with E-state index in [9.17, 15) is 0 Å². The van der Waals surface area contributed by atoms with Crippen LogP contribution in [0.2, 0.25) is 0 Å². The summed E-state index contributed by atoms with van der Waals surface area (Å²) in [5.41, 5.74) is 2.72. The molecule has 1 aromatic carbocycles. The van der Waals surface area contributed by atoms with Gasteiger partial charge < -0.3 is 15.0 Å². The van der Waals surface area contributed by atoms with Gasteiger partial charge in [0.15, 0.2) is 5.96 Å². The molecule has 0 aromatic heterocycles. The summed E-state index contributed by atoms with van der Waals surface area (Å²) in [6.07, 6.45) is 5.29. The zero-order chi connectivity index (χ0) is 19.8. The highest BCUT2D eigenvalue weighted by molar-refractivity contribution is 5.79. The topological polar surface area (TPSA) is 40.1 Å². The molecule has 2 aliphatic rings. The number of hydrogen-bond acceptors (Lipinski definition) is 3. The number of piperidine rings is 2. The first-order chi connectivity index (χ1) is 13.7. The van der Waals surface area contributed by atoms with Crippen LogP contribution in [0.5, 0.6) is 0 Å². The third-order valence-electron chi connectivity index (χ3n) is 5.98. The molecule has 0 amide bonds. The molecule has 5 nitrogen and oxygen atoms in total. The summed E-state index contributed by atoms with van der Waals surface area (Å²) in [5.74, 6) is 1.84. The van der Waals surface area contributed by atoms with Crippen LogP contribution in [0.4, 0.5) is 0 Å². The number of nitrogens with one attached hydrogen (secondary N) is 1. The molecule has 0 aliphatic carbocycles. The molecule has 5 heteroatoms. The molecule has 0 radical (unpaired) electrons. The standard InChI is InChI=1S/C23H38N4O/c1-4-28-22-11-14-27(15-12-22)23(24-3)25-16-20-7-9-21(10-8-20)18-26-13-5-6-19(2)17-26/h7-10,19,22H,4-6,11-18H2,1-3H3,(H,24,25). The summed E-state index contributed by atoms with van der Waals surface area (Å²) < 4.78 is 5.75. The molecule has 0 bridgehead atoms. The average molecular weight is 387 g/mol. The van der Waals surface area contributed by atoms with Crippen molar-refractivity contribution in [3.63, 3.8) is 0 Å². The van der Waals surface area contributed by atoms with Gasteiger partial charge in [-0.3, -0.25) is 9.89 Å². The highest BCUT2D eigenvalue weighted by Gasteiger charge is 2.21. The SMILES string of the molecule is CCOC1CCN(C(=NC)NCc2ccc(CN3CCCC(C)C3)cc2)CC1. The second kappa shape index (κ2) is 10.8. The maximum absolute atomic E-state index is 5.75. The Morgan fingerprint density at radius 1 is 1.11 bits per heavy atom. The van der Waals surface area contributed by atoms with E-state index in [4.69, 9.17) is 4.74 Å².